The zero-order valence-electron chi connectivity index (χ0n) is 11.5. The monoisotopic (exact) mass is 249 g/mol. The van der Waals surface area contributed by atoms with Crippen molar-refractivity contribution < 1.29 is 0 Å². The molecule has 96 valence electrons. The van der Waals surface area contributed by atoms with E-state index in [1.165, 1.54) is 17.7 Å². The van der Waals surface area contributed by atoms with E-state index in [1.807, 2.05) is 0 Å². The first kappa shape index (κ1) is 11.2. The predicted octanol–water partition coefficient (Wildman–Crippen LogP) is 3.65. The molecule has 0 spiro atoms. The van der Waals surface area contributed by atoms with Gasteiger partial charge in [0.2, 0.25) is 0 Å². The van der Waals surface area contributed by atoms with Gasteiger partial charge in [-0.25, -0.2) is 0 Å². The SMILES string of the molecule is CC(C)[C@]12CN1C2(c1ccccc1)c1ccccc1. The quantitative estimate of drug-likeness (QED) is 0.750. The van der Waals surface area contributed by atoms with E-state index >= 15 is 0 Å². The Balaban J connectivity index is 1.89. The van der Waals surface area contributed by atoms with E-state index in [4.69, 9.17) is 0 Å². The summed E-state index contributed by atoms with van der Waals surface area (Å²) in [5.41, 5.74) is 3.40. The van der Waals surface area contributed by atoms with Crippen molar-refractivity contribution in [1.82, 2.24) is 4.90 Å². The molecule has 4 rings (SSSR count). The molecule has 0 aliphatic carbocycles. The zero-order valence-corrected chi connectivity index (χ0v) is 11.5. The standard InChI is InChI=1S/C18H19N/c1-14(2)17-13-19(17)18(17,15-9-5-3-6-10-15)16-11-7-4-8-12-16/h3-12,14H,13H2,1-2H3/t17-,19?/m0/s1. The minimum atomic E-state index is 0.143. The van der Waals surface area contributed by atoms with Gasteiger partial charge in [-0.05, 0) is 17.0 Å². The summed E-state index contributed by atoms with van der Waals surface area (Å²) in [4.78, 5) is 2.65. The molecule has 2 heterocycles. The maximum Gasteiger partial charge on any atom is 0.0924 e. The molecular weight excluding hydrogens is 230 g/mol. The maximum atomic E-state index is 2.65. The van der Waals surface area contributed by atoms with Gasteiger partial charge < -0.3 is 0 Å². The minimum Gasteiger partial charge on any atom is -0.276 e. The topological polar surface area (TPSA) is 3.01 Å². The number of hydrogen-bond donors (Lipinski definition) is 0. The highest BCUT2D eigenvalue weighted by Gasteiger charge is 2.89. The van der Waals surface area contributed by atoms with Crippen LogP contribution in [0.2, 0.25) is 0 Å². The first-order valence-corrected chi connectivity index (χ1v) is 7.13. The Bertz CT molecular complexity index is 563. The molecule has 2 atom stereocenters. The fraction of sp³-hybridized carbons (Fsp3) is 0.333. The summed E-state index contributed by atoms with van der Waals surface area (Å²) in [5.74, 6) is 0.688. The largest absolute Gasteiger partial charge is 0.276 e. The molecule has 19 heavy (non-hydrogen) atoms. The first-order chi connectivity index (χ1) is 9.24. The second kappa shape index (κ2) is 3.49. The van der Waals surface area contributed by atoms with Gasteiger partial charge in [-0.2, -0.15) is 0 Å². The minimum absolute atomic E-state index is 0.143. The normalized spacial score (nSPS) is 29.9. The van der Waals surface area contributed by atoms with E-state index < -0.39 is 0 Å². The summed E-state index contributed by atoms with van der Waals surface area (Å²) in [5, 5.41) is 0. The average Bonchev–Trinajstić information content (AvgIpc) is 3.30. The third kappa shape index (κ3) is 1.15. The van der Waals surface area contributed by atoms with Crippen molar-refractivity contribution in [1.29, 1.82) is 0 Å². The molecule has 0 N–H and O–H groups in total. The van der Waals surface area contributed by atoms with E-state index in [1.54, 1.807) is 0 Å². The Morgan fingerprint density at radius 1 is 0.842 bits per heavy atom. The van der Waals surface area contributed by atoms with Gasteiger partial charge in [-0.1, -0.05) is 74.5 Å². The first-order valence-electron chi connectivity index (χ1n) is 7.13. The van der Waals surface area contributed by atoms with Crippen LogP contribution in [0.5, 0.6) is 0 Å². The van der Waals surface area contributed by atoms with Crippen molar-refractivity contribution in [3.63, 3.8) is 0 Å². The number of nitrogens with zero attached hydrogens (tertiary/aromatic N) is 1. The highest BCUT2D eigenvalue weighted by Crippen LogP contribution is 2.76. The average molecular weight is 249 g/mol. The summed E-state index contributed by atoms with van der Waals surface area (Å²) < 4.78 is 0. The number of rotatable bonds is 3. The van der Waals surface area contributed by atoms with Crippen molar-refractivity contribution in [2.75, 3.05) is 6.54 Å². The number of fused-ring (bicyclic) bond motifs is 1. The highest BCUT2D eigenvalue weighted by atomic mass is 15.6. The lowest BCUT2D eigenvalue weighted by atomic mass is 9.75. The van der Waals surface area contributed by atoms with Crippen LogP contribution in [-0.4, -0.2) is 17.0 Å². The summed E-state index contributed by atoms with van der Waals surface area (Å²) in [6.07, 6.45) is 0. The Hall–Kier alpha value is -1.60. The lowest BCUT2D eigenvalue weighted by Crippen LogP contribution is -2.34. The molecule has 1 heteroatoms. The molecule has 0 radical (unpaired) electrons. The van der Waals surface area contributed by atoms with Crippen LogP contribution < -0.4 is 0 Å². The van der Waals surface area contributed by atoms with Crippen molar-refractivity contribution in [3.05, 3.63) is 71.8 Å². The van der Waals surface area contributed by atoms with Crippen molar-refractivity contribution in [2.24, 2.45) is 5.92 Å². The molecule has 0 bridgehead atoms. The van der Waals surface area contributed by atoms with Crippen LogP contribution in [0.15, 0.2) is 60.7 Å². The summed E-state index contributed by atoms with van der Waals surface area (Å²) in [7, 11) is 0. The molecule has 0 aromatic heterocycles. The molecule has 2 fully saturated rings. The van der Waals surface area contributed by atoms with E-state index in [9.17, 15) is 0 Å². The van der Waals surface area contributed by atoms with Crippen LogP contribution in [0.25, 0.3) is 0 Å². The van der Waals surface area contributed by atoms with Crippen LogP contribution >= 0.6 is 0 Å². The number of benzene rings is 2. The maximum absolute atomic E-state index is 2.65. The van der Waals surface area contributed by atoms with Gasteiger partial charge in [0, 0.05) is 6.54 Å². The predicted molar refractivity (Wildman–Crippen MR) is 77.9 cm³/mol. The van der Waals surface area contributed by atoms with E-state index in [0.29, 0.717) is 11.5 Å². The van der Waals surface area contributed by atoms with Crippen LogP contribution in [0.4, 0.5) is 0 Å². The Morgan fingerprint density at radius 3 is 1.63 bits per heavy atom. The van der Waals surface area contributed by atoms with Crippen LogP contribution in [0.3, 0.4) is 0 Å². The number of hydrogen-bond acceptors (Lipinski definition) is 1. The molecule has 0 amide bonds. The highest BCUT2D eigenvalue weighted by molar-refractivity contribution is 5.60. The van der Waals surface area contributed by atoms with Gasteiger partial charge in [0.25, 0.3) is 0 Å². The van der Waals surface area contributed by atoms with Crippen molar-refractivity contribution >= 4 is 0 Å². The van der Waals surface area contributed by atoms with Gasteiger partial charge in [0.05, 0.1) is 11.1 Å². The van der Waals surface area contributed by atoms with Gasteiger partial charge in [0.1, 0.15) is 0 Å². The van der Waals surface area contributed by atoms with Gasteiger partial charge >= 0.3 is 0 Å². The van der Waals surface area contributed by atoms with Crippen molar-refractivity contribution in [3.8, 4) is 0 Å². The summed E-state index contributed by atoms with van der Waals surface area (Å²) >= 11 is 0. The molecular formula is C18H19N. The molecule has 2 aromatic carbocycles. The van der Waals surface area contributed by atoms with E-state index in [2.05, 4.69) is 79.4 Å². The molecule has 1 nitrogen and oxygen atoms in total. The fourth-order valence-corrected chi connectivity index (χ4v) is 4.08. The van der Waals surface area contributed by atoms with Crippen LogP contribution in [-0.2, 0) is 5.54 Å². The lowest BCUT2D eigenvalue weighted by molar-refractivity contribution is 0.444. The Labute approximate surface area is 114 Å². The molecule has 0 saturated carbocycles. The van der Waals surface area contributed by atoms with Crippen LogP contribution in [0.1, 0.15) is 25.0 Å². The lowest BCUT2D eigenvalue weighted by Gasteiger charge is -2.28. The van der Waals surface area contributed by atoms with Gasteiger partial charge in [-0.15, -0.1) is 0 Å². The van der Waals surface area contributed by atoms with Crippen LogP contribution in [0, 0.1) is 5.92 Å². The van der Waals surface area contributed by atoms with E-state index in [0.717, 1.165) is 0 Å². The third-order valence-electron chi connectivity index (χ3n) is 5.10. The smallest absolute Gasteiger partial charge is 0.0924 e. The fourth-order valence-electron chi connectivity index (χ4n) is 4.08. The molecule has 2 aromatic rings. The Morgan fingerprint density at radius 2 is 1.32 bits per heavy atom. The zero-order chi connectivity index (χ0) is 13.1. The Kier molecular flexibility index (Phi) is 2.06. The van der Waals surface area contributed by atoms with E-state index in [-0.39, 0.29) is 5.54 Å². The second-order valence-corrected chi connectivity index (χ2v) is 6.11. The summed E-state index contributed by atoms with van der Waals surface area (Å²) in [6.45, 7) is 5.95. The van der Waals surface area contributed by atoms with Gasteiger partial charge in [0.15, 0.2) is 0 Å². The third-order valence-corrected chi connectivity index (χ3v) is 5.10. The second-order valence-electron chi connectivity index (χ2n) is 6.11. The molecule has 1 unspecified atom stereocenters. The van der Waals surface area contributed by atoms with Gasteiger partial charge in [-0.3, -0.25) is 4.90 Å². The summed E-state index contributed by atoms with van der Waals surface area (Å²) in [6, 6.07) is 22.0. The molecule has 2 saturated heterocycles. The molecule has 2 aliphatic rings. The molecule has 2 aliphatic heterocycles. The van der Waals surface area contributed by atoms with Crippen molar-refractivity contribution in [2.45, 2.75) is 24.9 Å².